The van der Waals surface area contributed by atoms with Gasteiger partial charge in [0.25, 0.3) is 0 Å². The number of rotatable bonds is 0. The third-order valence-electron chi connectivity index (χ3n) is 1.22. The molecule has 0 unspecified atom stereocenters. The average molecular weight is 245 g/mol. The molecule has 0 aromatic carbocycles. The number of hydrogen-bond donors (Lipinski definition) is 0. The van der Waals surface area contributed by atoms with Crippen LogP contribution >= 0.6 is 22.6 Å². The molecule has 0 aliphatic heterocycles. The molecule has 0 saturated heterocycles. The van der Waals surface area contributed by atoms with Crippen LogP contribution in [-0.4, -0.2) is 14.6 Å². The van der Waals surface area contributed by atoms with Gasteiger partial charge in [0.2, 0.25) is 3.83 Å². The van der Waals surface area contributed by atoms with Crippen LogP contribution in [0.1, 0.15) is 0 Å². The summed E-state index contributed by atoms with van der Waals surface area (Å²) in [6.07, 6.45) is 1.88. The van der Waals surface area contributed by atoms with E-state index >= 15 is 0 Å². The van der Waals surface area contributed by atoms with Gasteiger partial charge in [-0.15, -0.1) is 5.10 Å². The van der Waals surface area contributed by atoms with Gasteiger partial charge in [-0.3, -0.25) is 0 Å². The maximum atomic E-state index is 4.15. The van der Waals surface area contributed by atoms with Crippen LogP contribution in [0.5, 0.6) is 0 Å². The lowest BCUT2D eigenvalue weighted by Gasteiger charge is -1.84. The van der Waals surface area contributed by atoms with Crippen molar-refractivity contribution in [1.29, 1.82) is 0 Å². The van der Waals surface area contributed by atoms with Gasteiger partial charge >= 0.3 is 0 Å². The van der Waals surface area contributed by atoms with Crippen molar-refractivity contribution < 1.29 is 0 Å². The van der Waals surface area contributed by atoms with E-state index in [1.807, 2.05) is 24.4 Å². The molecule has 2 aromatic rings. The van der Waals surface area contributed by atoms with Crippen LogP contribution in [-0.2, 0) is 0 Å². The van der Waals surface area contributed by atoms with Gasteiger partial charge in [0, 0.05) is 28.8 Å². The first kappa shape index (κ1) is 6.09. The van der Waals surface area contributed by atoms with E-state index in [2.05, 4.69) is 32.7 Å². The molecule has 50 valence electrons. The number of aromatic nitrogens is 3. The van der Waals surface area contributed by atoms with Gasteiger partial charge in [0.1, 0.15) is 0 Å². The molecule has 2 rings (SSSR count). The van der Waals surface area contributed by atoms with Gasteiger partial charge in [-0.05, 0) is 12.1 Å². The Labute approximate surface area is 71.2 Å². The molecule has 0 radical (unpaired) electrons. The van der Waals surface area contributed by atoms with Crippen molar-refractivity contribution in [3.63, 3.8) is 0 Å². The van der Waals surface area contributed by atoms with Crippen LogP contribution in [0.15, 0.2) is 24.4 Å². The Kier molecular flexibility index (Phi) is 1.33. The second-order valence-electron chi connectivity index (χ2n) is 1.88. The quantitative estimate of drug-likeness (QED) is 0.655. The molecule has 0 amide bonds. The van der Waals surface area contributed by atoms with E-state index in [0.717, 1.165) is 9.48 Å². The van der Waals surface area contributed by atoms with Crippen LogP contribution in [0.4, 0.5) is 0 Å². The fourth-order valence-corrected chi connectivity index (χ4v) is 1.28. The Bertz CT molecular complexity index is 322. The van der Waals surface area contributed by atoms with E-state index in [1.165, 1.54) is 0 Å². The topological polar surface area (TPSA) is 30.2 Å². The van der Waals surface area contributed by atoms with Crippen molar-refractivity contribution in [2.45, 2.75) is 0 Å². The number of hydrogen-bond acceptors (Lipinski definition) is 2. The molecule has 0 spiro atoms. The summed E-state index contributed by atoms with van der Waals surface area (Å²) in [5, 5.41) is 4.11. The molecule has 10 heavy (non-hydrogen) atoms. The van der Waals surface area contributed by atoms with Crippen LogP contribution in [0.2, 0.25) is 0 Å². The van der Waals surface area contributed by atoms with E-state index in [9.17, 15) is 0 Å². The van der Waals surface area contributed by atoms with Crippen molar-refractivity contribution in [3.05, 3.63) is 28.2 Å². The zero-order valence-corrected chi connectivity index (χ0v) is 7.19. The number of nitrogens with zero attached hydrogens (tertiary/aromatic N) is 3. The second-order valence-corrected chi connectivity index (χ2v) is 2.85. The van der Waals surface area contributed by atoms with E-state index < -0.39 is 0 Å². The van der Waals surface area contributed by atoms with Gasteiger partial charge in [-0.2, -0.15) is 0 Å². The SMILES string of the molecule is Ic1nc2ccccn2n1. The first-order chi connectivity index (χ1) is 4.86. The van der Waals surface area contributed by atoms with E-state index in [1.54, 1.807) is 4.52 Å². The highest BCUT2D eigenvalue weighted by atomic mass is 127. The first-order valence-electron chi connectivity index (χ1n) is 2.83. The van der Waals surface area contributed by atoms with Crippen molar-refractivity contribution in [2.24, 2.45) is 0 Å². The van der Waals surface area contributed by atoms with Crippen LogP contribution in [0.3, 0.4) is 0 Å². The van der Waals surface area contributed by atoms with E-state index in [-0.39, 0.29) is 0 Å². The molecule has 3 nitrogen and oxygen atoms in total. The van der Waals surface area contributed by atoms with E-state index in [0.29, 0.717) is 0 Å². The Morgan fingerprint density at radius 3 is 3.10 bits per heavy atom. The predicted molar refractivity (Wildman–Crippen MR) is 45.7 cm³/mol. The van der Waals surface area contributed by atoms with Crippen LogP contribution in [0.25, 0.3) is 5.65 Å². The van der Waals surface area contributed by atoms with E-state index in [4.69, 9.17) is 0 Å². The molecule has 0 aliphatic rings. The Hall–Kier alpha value is -0.650. The molecular weight excluding hydrogens is 241 g/mol. The minimum Gasteiger partial charge on any atom is -0.220 e. The zero-order chi connectivity index (χ0) is 6.97. The second kappa shape index (κ2) is 2.19. The first-order valence-corrected chi connectivity index (χ1v) is 3.91. The van der Waals surface area contributed by atoms with Gasteiger partial charge in [0.15, 0.2) is 5.65 Å². The largest absolute Gasteiger partial charge is 0.220 e. The van der Waals surface area contributed by atoms with Gasteiger partial charge in [-0.1, -0.05) is 6.07 Å². The van der Waals surface area contributed by atoms with Crippen molar-refractivity contribution >= 4 is 28.2 Å². The molecule has 0 bridgehead atoms. The minimum atomic E-state index is 0.781. The molecular formula is C6H4IN3. The normalized spacial score (nSPS) is 10.5. The van der Waals surface area contributed by atoms with Crippen LogP contribution in [0, 0.1) is 3.83 Å². The maximum Gasteiger partial charge on any atom is 0.212 e. The summed E-state index contributed by atoms with van der Waals surface area (Å²) >= 11 is 2.09. The molecule has 0 aliphatic carbocycles. The summed E-state index contributed by atoms with van der Waals surface area (Å²) in [5.41, 5.74) is 0.895. The summed E-state index contributed by atoms with van der Waals surface area (Å²) in [4.78, 5) is 4.15. The lowest BCUT2D eigenvalue weighted by atomic mass is 10.5. The molecule has 2 heterocycles. The van der Waals surface area contributed by atoms with Crippen molar-refractivity contribution in [3.8, 4) is 0 Å². The third kappa shape index (κ3) is 0.880. The van der Waals surface area contributed by atoms with Crippen molar-refractivity contribution in [2.75, 3.05) is 0 Å². The highest BCUT2D eigenvalue weighted by Gasteiger charge is 1.95. The average Bonchev–Trinajstić information content (AvgIpc) is 2.27. The molecule has 0 saturated carbocycles. The smallest absolute Gasteiger partial charge is 0.212 e. The zero-order valence-electron chi connectivity index (χ0n) is 5.03. The minimum absolute atomic E-state index is 0.781. The summed E-state index contributed by atoms with van der Waals surface area (Å²) in [7, 11) is 0. The van der Waals surface area contributed by atoms with Crippen LogP contribution < -0.4 is 0 Å². The highest BCUT2D eigenvalue weighted by molar-refractivity contribution is 14.1. The summed E-state index contributed by atoms with van der Waals surface area (Å²) in [6.45, 7) is 0. The molecule has 0 fully saturated rings. The lowest BCUT2D eigenvalue weighted by Crippen LogP contribution is -1.83. The Morgan fingerprint density at radius 2 is 2.30 bits per heavy atom. The molecule has 4 heteroatoms. The predicted octanol–water partition coefficient (Wildman–Crippen LogP) is 1.33. The third-order valence-corrected chi connectivity index (χ3v) is 1.67. The maximum absolute atomic E-state index is 4.15. The molecule has 0 atom stereocenters. The number of pyridine rings is 1. The molecule has 2 aromatic heterocycles. The molecule has 0 N–H and O–H groups in total. The highest BCUT2D eigenvalue weighted by Crippen LogP contribution is 2.01. The van der Waals surface area contributed by atoms with Gasteiger partial charge < -0.3 is 0 Å². The lowest BCUT2D eigenvalue weighted by molar-refractivity contribution is 0.944. The van der Waals surface area contributed by atoms with Gasteiger partial charge in [-0.25, -0.2) is 9.50 Å². The van der Waals surface area contributed by atoms with Crippen molar-refractivity contribution in [1.82, 2.24) is 14.6 Å². The number of halogens is 1. The summed E-state index contributed by atoms with van der Waals surface area (Å²) in [6, 6.07) is 5.80. The standard InChI is InChI=1S/C6H4IN3/c7-6-8-5-3-1-2-4-10(5)9-6/h1-4H. The monoisotopic (exact) mass is 245 g/mol. The Balaban J connectivity index is 2.88. The summed E-state index contributed by atoms with van der Waals surface area (Å²) in [5.74, 6) is 0. The fraction of sp³-hybridized carbons (Fsp3) is 0. The fourth-order valence-electron chi connectivity index (χ4n) is 0.804. The number of fused-ring (bicyclic) bond motifs is 1. The van der Waals surface area contributed by atoms with Gasteiger partial charge in [0.05, 0.1) is 0 Å². The summed E-state index contributed by atoms with van der Waals surface area (Å²) < 4.78 is 2.53. The Morgan fingerprint density at radius 1 is 1.40 bits per heavy atom.